The number of carbonyl (C=O) groups is 1. The summed E-state index contributed by atoms with van der Waals surface area (Å²) in [6.07, 6.45) is 0.530. The minimum atomic E-state index is -0.737. The van der Waals surface area contributed by atoms with E-state index in [2.05, 4.69) is 17.2 Å². The standard InChI is InChI=1S/C12H12FNO2/c1-2-3-4-7-14-12(16)10-6-5-9(15)8-11(10)13/h5-6,8,15H,4,7H2,1H3,(H,14,16). The molecule has 0 saturated carbocycles. The van der Waals surface area contributed by atoms with Gasteiger partial charge in [-0.15, -0.1) is 11.8 Å². The molecule has 1 amide bonds. The summed E-state index contributed by atoms with van der Waals surface area (Å²) in [4.78, 5) is 11.5. The number of halogens is 1. The van der Waals surface area contributed by atoms with Gasteiger partial charge in [0.15, 0.2) is 0 Å². The molecule has 1 rings (SSSR count). The summed E-state index contributed by atoms with van der Waals surface area (Å²) in [5.74, 6) is 4.03. The molecule has 0 spiro atoms. The van der Waals surface area contributed by atoms with Crippen molar-refractivity contribution in [3.63, 3.8) is 0 Å². The van der Waals surface area contributed by atoms with Crippen LogP contribution < -0.4 is 5.32 Å². The van der Waals surface area contributed by atoms with Gasteiger partial charge in [-0.25, -0.2) is 4.39 Å². The number of benzene rings is 1. The Morgan fingerprint density at radius 1 is 1.56 bits per heavy atom. The monoisotopic (exact) mass is 221 g/mol. The zero-order valence-corrected chi connectivity index (χ0v) is 8.88. The molecule has 0 radical (unpaired) electrons. The third-order valence-corrected chi connectivity index (χ3v) is 1.91. The van der Waals surface area contributed by atoms with Crippen LogP contribution in [0.1, 0.15) is 23.7 Å². The van der Waals surface area contributed by atoms with E-state index in [4.69, 9.17) is 5.11 Å². The van der Waals surface area contributed by atoms with Crippen LogP contribution in [0.3, 0.4) is 0 Å². The molecule has 16 heavy (non-hydrogen) atoms. The van der Waals surface area contributed by atoms with Gasteiger partial charge < -0.3 is 10.4 Å². The molecule has 2 N–H and O–H groups in total. The summed E-state index contributed by atoms with van der Waals surface area (Å²) in [5, 5.41) is 11.5. The number of hydrogen-bond acceptors (Lipinski definition) is 2. The highest BCUT2D eigenvalue weighted by Crippen LogP contribution is 2.14. The Morgan fingerprint density at radius 3 is 2.94 bits per heavy atom. The largest absolute Gasteiger partial charge is 0.508 e. The molecule has 0 heterocycles. The van der Waals surface area contributed by atoms with Gasteiger partial charge in [-0.3, -0.25) is 4.79 Å². The van der Waals surface area contributed by atoms with Crippen molar-refractivity contribution >= 4 is 5.91 Å². The summed E-state index contributed by atoms with van der Waals surface area (Å²) in [6, 6.07) is 3.41. The Bertz CT molecular complexity index is 446. The predicted octanol–water partition coefficient (Wildman–Crippen LogP) is 1.67. The van der Waals surface area contributed by atoms with Crippen molar-refractivity contribution in [1.82, 2.24) is 5.32 Å². The van der Waals surface area contributed by atoms with Crippen LogP contribution in [-0.2, 0) is 0 Å². The van der Waals surface area contributed by atoms with Crippen LogP contribution in [0, 0.1) is 17.7 Å². The Balaban J connectivity index is 2.61. The number of nitrogens with one attached hydrogen (secondary N) is 1. The van der Waals surface area contributed by atoms with Crippen molar-refractivity contribution in [2.24, 2.45) is 0 Å². The second kappa shape index (κ2) is 5.76. The molecular weight excluding hydrogens is 209 g/mol. The van der Waals surface area contributed by atoms with E-state index in [-0.39, 0.29) is 11.3 Å². The van der Waals surface area contributed by atoms with E-state index < -0.39 is 11.7 Å². The number of phenols is 1. The lowest BCUT2D eigenvalue weighted by atomic mass is 10.2. The van der Waals surface area contributed by atoms with E-state index in [0.29, 0.717) is 13.0 Å². The molecule has 3 nitrogen and oxygen atoms in total. The first-order valence-corrected chi connectivity index (χ1v) is 4.81. The van der Waals surface area contributed by atoms with Gasteiger partial charge in [0.05, 0.1) is 5.56 Å². The normalized spacial score (nSPS) is 9.12. The van der Waals surface area contributed by atoms with Gasteiger partial charge in [-0.2, -0.15) is 0 Å². The van der Waals surface area contributed by atoms with Gasteiger partial charge in [-0.1, -0.05) is 0 Å². The summed E-state index contributed by atoms with van der Waals surface area (Å²) in [5.41, 5.74) is -0.0812. The fourth-order valence-electron chi connectivity index (χ4n) is 1.15. The third-order valence-electron chi connectivity index (χ3n) is 1.91. The lowest BCUT2D eigenvalue weighted by Gasteiger charge is -2.04. The predicted molar refractivity (Wildman–Crippen MR) is 58.5 cm³/mol. The zero-order valence-electron chi connectivity index (χ0n) is 8.88. The molecule has 0 aliphatic heterocycles. The maximum Gasteiger partial charge on any atom is 0.254 e. The quantitative estimate of drug-likeness (QED) is 0.602. The zero-order chi connectivity index (χ0) is 12.0. The fraction of sp³-hybridized carbons (Fsp3) is 0.250. The number of aromatic hydroxyl groups is 1. The van der Waals surface area contributed by atoms with Crippen LogP contribution in [0.5, 0.6) is 5.75 Å². The highest BCUT2D eigenvalue weighted by atomic mass is 19.1. The fourth-order valence-corrected chi connectivity index (χ4v) is 1.15. The Hall–Kier alpha value is -2.02. The number of phenolic OH excluding ortho intramolecular Hbond substituents is 1. The number of carbonyl (C=O) groups excluding carboxylic acids is 1. The van der Waals surface area contributed by atoms with E-state index in [1.807, 2.05) is 0 Å². The van der Waals surface area contributed by atoms with E-state index in [1.165, 1.54) is 12.1 Å². The molecule has 0 aliphatic rings. The molecular formula is C12H12FNO2. The lowest BCUT2D eigenvalue weighted by Crippen LogP contribution is -2.25. The second-order valence-corrected chi connectivity index (χ2v) is 3.10. The number of amides is 1. The molecule has 0 aromatic heterocycles. The van der Waals surface area contributed by atoms with Crippen LogP contribution >= 0.6 is 0 Å². The highest BCUT2D eigenvalue weighted by molar-refractivity contribution is 5.94. The van der Waals surface area contributed by atoms with Gasteiger partial charge in [0.25, 0.3) is 5.91 Å². The first kappa shape index (κ1) is 12.1. The van der Waals surface area contributed by atoms with Crippen molar-refractivity contribution in [3.8, 4) is 17.6 Å². The Morgan fingerprint density at radius 2 is 2.31 bits per heavy atom. The van der Waals surface area contributed by atoms with E-state index >= 15 is 0 Å². The summed E-state index contributed by atoms with van der Waals surface area (Å²) < 4.78 is 13.2. The molecule has 0 bridgehead atoms. The topological polar surface area (TPSA) is 49.3 Å². The third kappa shape index (κ3) is 3.28. The van der Waals surface area contributed by atoms with Gasteiger partial charge in [-0.05, 0) is 19.1 Å². The molecule has 0 atom stereocenters. The summed E-state index contributed by atoms with van der Waals surface area (Å²) in [6.45, 7) is 2.08. The molecule has 4 heteroatoms. The van der Waals surface area contributed by atoms with Crippen molar-refractivity contribution in [1.29, 1.82) is 0 Å². The molecule has 84 valence electrons. The minimum Gasteiger partial charge on any atom is -0.508 e. The van der Waals surface area contributed by atoms with Gasteiger partial charge >= 0.3 is 0 Å². The molecule has 1 aromatic carbocycles. The molecule has 0 fully saturated rings. The van der Waals surface area contributed by atoms with Crippen LogP contribution in [0.15, 0.2) is 18.2 Å². The summed E-state index contributed by atoms with van der Waals surface area (Å²) >= 11 is 0. The molecule has 0 aliphatic carbocycles. The van der Waals surface area contributed by atoms with Gasteiger partial charge in [0.2, 0.25) is 0 Å². The van der Waals surface area contributed by atoms with Crippen LogP contribution in [0.2, 0.25) is 0 Å². The number of rotatable bonds is 3. The van der Waals surface area contributed by atoms with E-state index in [9.17, 15) is 9.18 Å². The van der Waals surface area contributed by atoms with Gasteiger partial charge in [0.1, 0.15) is 11.6 Å². The van der Waals surface area contributed by atoms with Crippen molar-refractivity contribution in [3.05, 3.63) is 29.6 Å². The average Bonchev–Trinajstić information content (AvgIpc) is 2.24. The van der Waals surface area contributed by atoms with Crippen LogP contribution in [-0.4, -0.2) is 17.6 Å². The number of hydrogen-bond donors (Lipinski definition) is 2. The maximum absolute atomic E-state index is 13.2. The van der Waals surface area contributed by atoms with Gasteiger partial charge in [0, 0.05) is 19.0 Å². The SMILES string of the molecule is CC#CCCNC(=O)c1ccc(O)cc1F. The average molecular weight is 221 g/mol. The van der Waals surface area contributed by atoms with Crippen LogP contribution in [0.4, 0.5) is 4.39 Å². The van der Waals surface area contributed by atoms with Crippen molar-refractivity contribution in [2.45, 2.75) is 13.3 Å². The minimum absolute atomic E-state index is 0.0812. The second-order valence-electron chi connectivity index (χ2n) is 3.10. The smallest absolute Gasteiger partial charge is 0.254 e. The Labute approximate surface area is 93.3 Å². The van der Waals surface area contributed by atoms with E-state index in [0.717, 1.165) is 6.07 Å². The van der Waals surface area contributed by atoms with Crippen molar-refractivity contribution < 1.29 is 14.3 Å². The first-order chi connectivity index (χ1) is 7.65. The molecule has 0 saturated heterocycles. The highest BCUT2D eigenvalue weighted by Gasteiger charge is 2.10. The maximum atomic E-state index is 13.2. The molecule has 0 unspecified atom stereocenters. The van der Waals surface area contributed by atoms with Crippen molar-refractivity contribution in [2.75, 3.05) is 6.54 Å². The van der Waals surface area contributed by atoms with E-state index in [1.54, 1.807) is 6.92 Å². The summed E-state index contributed by atoms with van der Waals surface area (Å²) in [7, 11) is 0. The molecule has 1 aromatic rings. The lowest BCUT2D eigenvalue weighted by molar-refractivity contribution is 0.0950. The first-order valence-electron chi connectivity index (χ1n) is 4.81. The Kier molecular flexibility index (Phi) is 4.34. The van der Waals surface area contributed by atoms with Crippen LogP contribution in [0.25, 0.3) is 0 Å².